The number of aromatic hydroxyl groups is 1. The van der Waals surface area contributed by atoms with Gasteiger partial charge < -0.3 is 5.11 Å². The van der Waals surface area contributed by atoms with E-state index < -0.39 is 0 Å². The molecule has 0 radical (unpaired) electrons. The van der Waals surface area contributed by atoms with Crippen molar-refractivity contribution in [2.45, 2.75) is 26.7 Å². The first-order valence-electron chi connectivity index (χ1n) is 5.75. The van der Waals surface area contributed by atoms with Crippen molar-refractivity contribution in [1.29, 1.82) is 0 Å². The summed E-state index contributed by atoms with van der Waals surface area (Å²) in [4.78, 5) is 24.6. The summed E-state index contributed by atoms with van der Waals surface area (Å²) in [5.41, 5.74) is 2.05. The number of aryl methyl sites for hydroxylation is 1. The second kappa shape index (κ2) is 4.65. The molecular formula is C13H15NO3S. The van der Waals surface area contributed by atoms with Crippen LogP contribution in [-0.2, 0) is 4.79 Å². The molecule has 0 saturated carbocycles. The molecule has 0 aliphatic carbocycles. The highest BCUT2D eigenvalue weighted by Gasteiger charge is 2.32. The van der Waals surface area contributed by atoms with Crippen molar-refractivity contribution in [3.63, 3.8) is 0 Å². The number of hydrogen-bond acceptors (Lipinski definition) is 4. The topological polar surface area (TPSA) is 57.6 Å². The van der Waals surface area contributed by atoms with Crippen molar-refractivity contribution >= 4 is 28.6 Å². The number of carbonyl (C=O) groups excluding carboxylic acids is 2. The van der Waals surface area contributed by atoms with E-state index in [1.807, 2.05) is 13.8 Å². The number of hydrogen-bond donors (Lipinski definition) is 1. The maximum absolute atomic E-state index is 11.7. The number of phenols is 1. The van der Waals surface area contributed by atoms with Gasteiger partial charge in [0, 0.05) is 0 Å². The van der Waals surface area contributed by atoms with Crippen LogP contribution < -0.4 is 4.90 Å². The fourth-order valence-electron chi connectivity index (χ4n) is 1.99. The molecule has 1 aromatic rings. The number of imide groups is 1. The van der Waals surface area contributed by atoms with Crippen molar-refractivity contribution in [2.24, 2.45) is 0 Å². The van der Waals surface area contributed by atoms with Gasteiger partial charge in [-0.25, -0.2) is 4.90 Å². The van der Waals surface area contributed by atoms with Crippen LogP contribution in [0.4, 0.5) is 10.5 Å². The molecule has 2 amide bonds. The Balaban J connectivity index is 2.54. The van der Waals surface area contributed by atoms with Crippen LogP contribution in [0.15, 0.2) is 12.1 Å². The molecule has 0 spiro atoms. The summed E-state index contributed by atoms with van der Waals surface area (Å²) in [5, 5.41) is 9.62. The Morgan fingerprint density at radius 2 is 2.00 bits per heavy atom. The maximum Gasteiger partial charge on any atom is 0.293 e. The summed E-state index contributed by atoms with van der Waals surface area (Å²) >= 11 is 1.01. The zero-order chi connectivity index (χ0) is 13.4. The lowest BCUT2D eigenvalue weighted by Gasteiger charge is -2.19. The van der Waals surface area contributed by atoms with E-state index in [0.29, 0.717) is 5.69 Å². The molecule has 1 aliphatic heterocycles. The third-order valence-corrected chi connectivity index (χ3v) is 3.78. The maximum atomic E-state index is 11.7. The average Bonchev–Trinajstić information content (AvgIpc) is 2.59. The van der Waals surface area contributed by atoms with Crippen molar-refractivity contribution in [1.82, 2.24) is 0 Å². The quantitative estimate of drug-likeness (QED) is 0.893. The summed E-state index contributed by atoms with van der Waals surface area (Å²) in [6, 6.07) is 3.34. The lowest BCUT2D eigenvalue weighted by molar-refractivity contribution is -0.115. The number of carbonyl (C=O) groups is 2. The van der Waals surface area contributed by atoms with Gasteiger partial charge in [0.25, 0.3) is 5.24 Å². The van der Waals surface area contributed by atoms with Gasteiger partial charge in [-0.2, -0.15) is 0 Å². The van der Waals surface area contributed by atoms with E-state index in [9.17, 15) is 14.7 Å². The monoisotopic (exact) mass is 265 g/mol. The number of benzene rings is 1. The molecule has 1 heterocycles. The Kier molecular flexibility index (Phi) is 3.34. The van der Waals surface area contributed by atoms with Crippen LogP contribution in [0.2, 0.25) is 0 Å². The minimum atomic E-state index is -0.247. The smallest absolute Gasteiger partial charge is 0.293 e. The lowest BCUT2D eigenvalue weighted by atomic mass is 9.99. The molecule has 1 aromatic carbocycles. The van der Waals surface area contributed by atoms with Crippen LogP contribution in [0.25, 0.3) is 0 Å². The zero-order valence-electron chi connectivity index (χ0n) is 10.6. The predicted octanol–water partition coefficient (Wildman–Crippen LogP) is 3.02. The van der Waals surface area contributed by atoms with Crippen LogP contribution in [-0.4, -0.2) is 22.0 Å². The molecule has 1 fully saturated rings. The first-order chi connectivity index (χ1) is 8.41. The van der Waals surface area contributed by atoms with E-state index in [0.717, 1.165) is 22.9 Å². The summed E-state index contributed by atoms with van der Waals surface area (Å²) in [7, 11) is 0. The molecule has 18 heavy (non-hydrogen) atoms. The summed E-state index contributed by atoms with van der Waals surface area (Å²) in [6.07, 6.45) is 0. The highest BCUT2D eigenvalue weighted by Crippen LogP contribution is 2.36. The summed E-state index contributed by atoms with van der Waals surface area (Å²) in [5.74, 6) is 0.326. The van der Waals surface area contributed by atoms with Gasteiger partial charge in [-0.15, -0.1) is 0 Å². The number of phenolic OH excluding ortho intramolecular Hbond substituents is 1. The van der Waals surface area contributed by atoms with Gasteiger partial charge in [0.15, 0.2) is 0 Å². The molecule has 1 N–H and O–H groups in total. The van der Waals surface area contributed by atoms with Crippen molar-refractivity contribution < 1.29 is 14.7 Å². The number of anilines is 1. The van der Waals surface area contributed by atoms with Gasteiger partial charge in [0.2, 0.25) is 5.91 Å². The first kappa shape index (κ1) is 13.0. The molecule has 0 bridgehead atoms. The van der Waals surface area contributed by atoms with Crippen LogP contribution in [0, 0.1) is 6.92 Å². The van der Waals surface area contributed by atoms with Gasteiger partial charge >= 0.3 is 0 Å². The highest BCUT2D eigenvalue weighted by molar-refractivity contribution is 8.15. The van der Waals surface area contributed by atoms with E-state index in [-0.39, 0.29) is 28.6 Å². The number of amides is 2. The van der Waals surface area contributed by atoms with Crippen LogP contribution in [0.3, 0.4) is 0 Å². The second-order valence-corrected chi connectivity index (χ2v) is 5.56. The van der Waals surface area contributed by atoms with E-state index in [1.54, 1.807) is 19.1 Å². The molecule has 0 atom stereocenters. The van der Waals surface area contributed by atoms with Crippen molar-refractivity contribution in [3.8, 4) is 5.75 Å². The fraction of sp³-hybridized carbons (Fsp3) is 0.385. The lowest BCUT2D eigenvalue weighted by Crippen LogP contribution is -2.28. The molecular weight excluding hydrogens is 250 g/mol. The average molecular weight is 265 g/mol. The largest absolute Gasteiger partial charge is 0.508 e. The molecule has 0 unspecified atom stereocenters. The molecule has 5 heteroatoms. The molecule has 4 nitrogen and oxygen atoms in total. The Labute approximate surface area is 110 Å². The van der Waals surface area contributed by atoms with Gasteiger partial charge in [0.1, 0.15) is 5.75 Å². The van der Waals surface area contributed by atoms with Gasteiger partial charge in [0.05, 0.1) is 11.4 Å². The minimum absolute atomic E-state index is 0.129. The third kappa shape index (κ3) is 2.10. The summed E-state index contributed by atoms with van der Waals surface area (Å²) in [6.45, 7) is 5.69. The standard InChI is InChI=1S/C13H15NO3S/c1-7(2)9-5-10(8(3)4-11(9)15)14-12(16)6-18-13(14)17/h4-5,7,15H,6H2,1-3H3. The van der Waals surface area contributed by atoms with E-state index in [2.05, 4.69) is 0 Å². The van der Waals surface area contributed by atoms with Crippen LogP contribution in [0.5, 0.6) is 5.75 Å². The molecule has 96 valence electrons. The van der Waals surface area contributed by atoms with E-state index >= 15 is 0 Å². The van der Waals surface area contributed by atoms with Crippen LogP contribution >= 0.6 is 11.8 Å². The predicted molar refractivity (Wildman–Crippen MR) is 72.3 cm³/mol. The Bertz CT molecular complexity index is 509. The zero-order valence-corrected chi connectivity index (χ0v) is 11.4. The van der Waals surface area contributed by atoms with Gasteiger partial charge in [-0.3, -0.25) is 9.59 Å². The Hall–Kier alpha value is -1.49. The summed E-state index contributed by atoms with van der Waals surface area (Å²) < 4.78 is 0. The number of nitrogens with zero attached hydrogens (tertiary/aromatic N) is 1. The minimum Gasteiger partial charge on any atom is -0.508 e. The first-order valence-corrected chi connectivity index (χ1v) is 6.73. The molecule has 1 saturated heterocycles. The fourth-order valence-corrected chi connectivity index (χ4v) is 2.69. The number of rotatable bonds is 2. The van der Waals surface area contributed by atoms with Gasteiger partial charge in [-0.1, -0.05) is 25.6 Å². The molecule has 0 aromatic heterocycles. The molecule has 1 aliphatic rings. The normalized spacial score (nSPS) is 15.9. The SMILES string of the molecule is Cc1cc(O)c(C(C)C)cc1N1C(=O)CSC1=O. The van der Waals surface area contributed by atoms with Gasteiger partial charge in [-0.05, 0) is 36.1 Å². The Morgan fingerprint density at radius 3 is 2.50 bits per heavy atom. The molecule has 2 rings (SSSR count). The third-order valence-electron chi connectivity index (χ3n) is 2.96. The second-order valence-electron chi connectivity index (χ2n) is 4.64. The van der Waals surface area contributed by atoms with Crippen molar-refractivity contribution in [2.75, 3.05) is 10.7 Å². The highest BCUT2D eigenvalue weighted by atomic mass is 32.2. The van der Waals surface area contributed by atoms with E-state index in [4.69, 9.17) is 0 Å². The van der Waals surface area contributed by atoms with E-state index in [1.165, 1.54) is 4.90 Å². The van der Waals surface area contributed by atoms with Crippen molar-refractivity contribution in [3.05, 3.63) is 23.3 Å². The van der Waals surface area contributed by atoms with Crippen LogP contribution in [0.1, 0.15) is 30.9 Å². The number of thioether (sulfide) groups is 1. The Morgan fingerprint density at radius 1 is 1.33 bits per heavy atom.